The van der Waals surface area contributed by atoms with Crippen LogP contribution in [-0.2, 0) is 6.54 Å². The van der Waals surface area contributed by atoms with Crippen LogP contribution in [0, 0.1) is 5.82 Å². The zero-order valence-electron chi connectivity index (χ0n) is 10.0. The van der Waals surface area contributed by atoms with Gasteiger partial charge in [-0.15, -0.1) is 0 Å². The summed E-state index contributed by atoms with van der Waals surface area (Å²) in [6.07, 6.45) is 2.39. The molecule has 1 aromatic carbocycles. The van der Waals surface area contributed by atoms with Crippen molar-refractivity contribution in [3.63, 3.8) is 0 Å². The summed E-state index contributed by atoms with van der Waals surface area (Å²) >= 11 is 3.17. The van der Waals surface area contributed by atoms with Gasteiger partial charge < -0.3 is 9.73 Å². The number of hydrogen-bond acceptors (Lipinski definition) is 3. The van der Waals surface area contributed by atoms with E-state index in [9.17, 15) is 4.39 Å². The van der Waals surface area contributed by atoms with Crippen molar-refractivity contribution in [1.82, 2.24) is 10.3 Å². The lowest BCUT2D eigenvalue weighted by atomic mass is 10.1. The highest BCUT2D eigenvalue weighted by Gasteiger charge is 2.16. The summed E-state index contributed by atoms with van der Waals surface area (Å²) in [6, 6.07) is 5.11. The quantitative estimate of drug-likeness (QED) is 0.855. The fourth-order valence-corrected chi connectivity index (χ4v) is 2.04. The molecule has 1 aromatic heterocycles. The van der Waals surface area contributed by atoms with Crippen molar-refractivity contribution in [2.45, 2.75) is 19.9 Å². The fraction of sp³-hybridized carbons (Fsp3) is 0.308. The van der Waals surface area contributed by atoms with Crippen LogP contribution in [0.25, 0.3) is 11.3 Å². The Labute approximate surface area is 114 Å². The summed E-state index contributed by atoms with van der Waals surface area (Å²) in [5, 5.41) is 3.23. The predicted octanol–water partition coefficient (Wildman–Crippen LogP) is 3.74. The smallest absolute Gasteiger partial charge is 0.181 e. The average molecular weight is 313 g/mol. The third-order valence-corrected chi connectivity index (χ3v) is 3.17. The van der Waals surface area contributed by atoms with Crippen LogP contribution < -0.4 is 5.32 Å². The molecule has 0 amide bonds. The van der Waals surface area contributed by atoms with Crippen molar-refractivity contribution in [2.75, 3.05) is 6.54 Å². The molecule has 18 heavy (non-hydrogen) atoms. The first-order valence-electron chi connectivity index (χ1n) is 5.81. The highest BCUT2D eigenvalue weighted by Crippen LogP contribution is 2.29. The van der Waals surface area contributed by atoms with E-state index >= 15 is 0 Å². The third kappa shape index (κ3) is 2.79. The Morgan fingerprint density at radius 1 is 1.44 bits per heavy atom. The molecule has 2 aromatic rings. The van der Waals surface area contributed by atoms with Crippen LogP contribution in [0.5, 0.6) is 0 Å². The van der Waals surface area contributed by atoms with Crippen LogP contribution in [0.1, 0.15) is 19.0 Å². The van der Waals surface area contributed by atoms with Gasteiger partial charge in [0.2, 0.25) is 0 Å². The molecule has 0 saturated carbocycles. The van der Waals surface area contributed by atoms with Gasteiger partial charge in [0.15, 0.2) is 12.2 Å². The maximum Gasteiger partial charge on any atom is 0.181 e. The van der Waals surface area contributed by atoms with E-state index in [-0.39, 0.29) is 5.82 Å². The van der Waals surface area contributed by atoms with Gasteiger partial charge in [-0.05, 0) is 41.0 Å². The van der Waals surface area contributed by atoms with Gasteiger partial charge in [-0.2, -0.15) is 0 Å². The van der Waals surface area contributed by atoms with Crippen molar-refractivity contribution in [3.8, 4) is 11.3 Å². The van der Waals surface area contributed by atoms with Crippen LogP contribution in [-0.4, -0.2) is 11.5 Å². The number of nitrogens with zero attached hydrogens (tertiary/aromatic N) is 1. The summed E-state index contributed by atoms with van der Waals surface area (Å²) in [4.78, 5) is 4.12. The summed E-state index contributed by atoms with van der Waals surface area (Å²) in [5.41, 5.74) is 1.15. The second kappa shape index (κ2) is 6.11. The van der Waals surface area contributed by atoms with Gasteiger partial charge >= 0.3 is 0 Å². The zero-order valence-corrected chi connectivity index (χ0v) is 11.6. The number of hydrogen-bond donors (Lipinski definition) is 1. The Balaban J connectivity index is 2.28. The number of oxazole rings is 1. The number of rotatable bonds is 5. The first-order chi connectivity index (χ1) is 8.74. The minimum absolute atomic E-state index is 0.328. The normalized spacial score (nSPS) is 10.8. The molecule has 0 aliphatic heterocycles. The Morgan fingerprint density at radius 2 is 2.28 bits per heavy atom. The lowest BCUT2D eigenvalue weighted by molar-refractivity contribution is 0.557. The van der Waals surface area contributed by atoms with Crippen LogP contribution in [0.4, 0.5) is 4.39 Å². The standard InChI is InChI=1S/C13H14BrFN2O/c1-2-6-16-7-11-13(18-8-17-11)9-4-3-5-10(14)12(9)15/h3-5,8,16H,2,6-7H2,1H3. The molecule has 3 nitrogen and oxygen atoms in total. The number of aromatic nitrogens is 1. The molecule has 1 N–H and O–H groups in total. The van der Waals surface area contributed by atoms with E-state index in [0.717, 1.165) is 18.7 Å². The van der Waals surface area contributed by atoms with Gasteiger partial charge in [0.05, 0.1) is 10.0 Å². The van der Waals surface area contributed by atoms with Crippen LogP contribution in [0.3, 0.4) is 0 Å². The van der Waals surface area contributed by atoms with Crippen molar-refractivity contribution in [3.05, 3.63) is 40.6 Å². The molecule has 0 spiro atoms. The lowest BCUT2D eigenvalue weighted by Crippen LogP contribution is -2.14. The minimum Gasteiger partial charge on any atom is -0.443 e. The second-order valence-electron chi connectivity index (χ2n) is 3.91. The Hall–Kier alpha value is -1.20. The Kier molecular flexibility index (Phi) is 4.49. The van der Waals surface area contributed by atoms with E-state index in [2.05, 4.69) is 33.2 Å². The molecule has 5 heteroatoms. The monoisotopic (exact) mass is 312 g/mol. The molecule has 0 unspecified atom stereocenters. The zero-order chi connectivity index (χ0) is 13.0. The van der Waals surface area contributed by atoms with E-state index in [0.29, 0.717) is 22.3 Å². The molecule has 0 atom stereocenters. The van der Waals surface area contributed by atoms with E-state index < -0.39 is 0 Å². The predicted molar refractivity (Wildman–Crippen MR) is 71.6 cm³/mol. The first-order valence-corrected chi connectivity index (χ1v) is 6.60. The Morgan fingerprint density at radius 3 is 3.06 bits per heavy atom. The molecular weight excluding hydrogens is 299 g/mol. The molecule has 96 valence electrons. The topological polar surface area (TPSA) is 38.1 Å². The lowest BCUT2D eigenvalue weighted by Gasteiger charge is -2.05. The van der Waals surface area contributed by atoms with E-state index in [4.69, 9.17) is 4.42 Å². The molecule has 0 saturated heterocycles. The van der Waals surface area contributed by atoms with Gasteiger partial charge in [0.1, 0.15) is 11.5 Å². The highest BCUT2D eigenvalue weighted by atomic mass is 79.9. The molecule has 1 heterocycles. The molecule has 0 fully saturated rings. The summed E-state index contributed by atoms with van der Waals surface area (Å²) < 4.78 is 19.7. The maximum absolute atomic E-state index is 14.0. The molecule has 0 aliphatic rings. The number of nitrogens with one attached hydrogen (secondary N) is 1. The van der Waals surface area contributed by atoms with Crippen molar-refractivity contribution in [1.29, 1.82) is 0 Å². The molecule has 2 rings (SSSR count). The maximum atomic E-state index is 14.0. The average Bonchev–Trinajstić information content (AvgIpc) is 2.81. The Bertz CT molecular complexity index is 527. The van der Waals surface area contributed by atoms with E-state index in [1.165, 1.54) is 6.39 Å². The number of benzene rings is 1. The van der Waals surface area contributed by atoms with E-state index in [1.54, 1.807) is 18.2 Å². The summed E-state index contributed by atoms with van der Waals surface area (Å²) in [7, 11) is 0. The van der Waals surface area contributed by atoms with Crippen molar-refractivity contribution in [2.24, 2.45) is 0 Å². The fourth-order valence-electron chi connectivity index (χ4n) is 1.68. The SMILES string of the molecule is CCCNCc1ncoc1-c1cccc(Br)c1F. The van der Waals surface area contributed by atoms with Gasteiger partial charge in [0.25, 0.3) is 0 Å². The van der Waals surface area contributed by atoms with Crippen molar-refractivity contribution >= 4 is 15.9 Å². The third-order valence-electron chi connectivity index (χ3n) is 2.56. The van der Waals surface area contributed by atoms with Crippen LogP contribution in [0.15, 0.2) is 33.5 Å². The van der Waals surface area contributed by atoms with Gasteiger partial charge in [-0.1, -0.05) is 13.0 Å². The second-order valence-corrected chi connectivity index (χ2v) is 4.76. The number of halogens is 2. The first kappa shape index (κ1) is 13.2. The molecular formula is C13H14BrFN2O. The van der Waals surface area contributed by atoms with Crippen molar-refractivity contribution < 1.29 is 8.81 Å². The molecule has 0 radical (unpaired) electrons. The summed E-state index contributed by atoms with van der Waals surface area (Å²) in [5.74, 6) is 0.156. The van der Waals surface area contributed by atoms with Gasteiger partial charge in [-0.3, -0.25) is 0 Å². The molecule has 0 aliphatic carbocycles. The van der Waals surface area contributed by atoms with Gasteiger partial charge in [-0.25, -0.2) is 9.37 Å². The van der Waals surface area contributed by atoms with E-state index in [1.807, 2.05) is 0 Å². The van der Waals surface area contributed by atoms with Gasteiger partial charge in [0, 0.05) is 6.54 Å². The minimum atomic E-state index is -0.328. The highest BCUT2D eigenvalue weighted by molar-refractivity contribution is 9.10. The van der Waals surface area contributed by atoms with Crippen LogP contribution in [0.2, 0.25) is 0 Å². The largest absolute Gasteiger partial charge is 0.443 e. The molecule has 0 bridgehead atoms. The summed E-state index contributed by atoms with van der Waals surface area (Å²) in [6.45, 7) is 3.56. The van der Waals surface area contributed by atoms with Crippen LogP contribution >= 0.6 is 15.9 Å².